The third kappa shape index (κ3) is 1.66. The molecule has 15 heavy (non-hydrogen) atoms. The Morgan fingerprint density at radius 1 is 1.53 bits per heavy atom. The van der Waals surface area contributed by atoms with Gasteiger partial charge in [0.25, 0.3) is 5.69 Å². The predicted molar refractivity (Wildman–Crippen MR) is 53.5 cm³/mol. The lowest BCUT2D eigenvalue weighted by atomic mass is 10.1. The number of rotatable bonds is 3. The fourth-order valence-electron chi connectivity index (χ4n) is 1.47. The first kappa shape index (κ1) is 9.60. The Kier molecular flexibility index (Phi) is 2.34. The molecule has 0 unspecified atom stereocenters. The average Bonchev–Trinajstić information content (AvgIpc) is 2.61. The molecule has 0 fully saturated rings. The summed E-state index contributed by atoms with van der Waals surface area (Å²) in [6, 6.07) is 4.49. The van der Waals surface area contributed by atoms with E-state index in [9.17, 15) is 10.1 Å². The summed E-state index contributed by atoms with van der Waals surface area (Å²) >= 11 is 0. The van der Waals surface area contributed by atoms with Gasteiger partial charge in [0.05, 0.1) is 16.1 Å². The fourth-order valence-corrected chi connectivity index (χ4v) is 1.47. The molecule has 0 saturated carbocycles. The molecule has 0 radical (unpaired) electrons. The number of non-ortho nitro benzene ring substituents is 1. The van der Waals surface area contributed by atoms with Crippen LogP contribution in [0.25, 0.3) is 10.9 Å². The molecule has 2 aromatic rings. The second-order valence-corrected chi connectivity index (χ2v) is 3.13. The lowest BCUT2D eigenvalue weighted by molar-refractivity contribution is -0.384. The number of nitrogens with zero attached hydrogens (tertiary/aromatic N) is 2. The van der Waals surface area contributed by atoms with Gasteiger partial charge in [-0.2, -0.15) is 5.10 Å². The number of hydrogen-bond acceptors (Lipinski definition) is 4. The van der Waals surface area contributed by atoms with Crippen molar-refractivity contribution in [3.8, 4) is 0 Å². The first-order chi connectivity index (χ1) is 7.22. The van der Waals surface area contributed by atoms with Gasteiger partial charge in [0.15, 0.2) is 0 Å². The highest BCUT2D eigenvalue weighted by atomic mass is 16.6. The molecule has 6 heteroatoms. The number of fused-ring (bicyclic) bond motifs is 1. The summed E-state index contributed by atoms with van der Waals surface area (Å²) in [5.74, 6) is 0. The van der Waals surface area contributed by atoms with Crippen molar-refractivity contribution in [1.82, 2.24) is 10.2 Å². The minimum absolute atomic E-state index is 0.0252. The van der Waals surface area contributed by atoms with Crippen molar-refractivity contribution in [2.24, 2.45) is 0 Å². The van der Waals surface area contributed by atoms with Gasteiger partial charge in [-0.15, -0.1) is 0 Å². The molecular formula is C9H9N3O3. The maximum absolute atomic E-state index is 10.6. The molecule has 0 atom stereocenters. The van der Waals surface area contributed by atoms with E-state index in [1.54, 1.807) is 6.07 Å². The fraction of sp³-hybridized carbons (Fsp3) is 0.222. The van der Waals surface area contributed by atoms with Gasteiger partial charge in [-0.1, -0.05) is 0 Å². The molecule has 0 saturated heterocycles. The first-order valence-corrected chi connectivity index (χ1v) is 4.44. The van der Waals surface area contributed by atoms with Crippen LogP contribution in [0.3, 0.4) is 0 Å². The highest BCUT2D eigenvalue weighted by Crippen LogP contribution is 2.22. The minimum atomic E-state index is -0.449. The predicted octanol–water partition coefficient (Wildman–Crippen LogP) is 1.01. The van der Waals surface area contributed by atoms with Gasteiger partial charge in [-0.25, -0.2) is 0 Å². The van der Waals surface area contributed by atoms with Crippen molar-refractivity contribution >= 4 is 16.6 Å². The second kappa shape index (κ2) is 3.66. The standard InChI is InChI=1S/C9H9N3O3/c13-4-3-9-7-5-6(12(14)15)1-2-8(7)10-11-9/h1-2,5,13H,3-4H2,(H,10,11). The summed E-state index contributed by atoms with van der Waals surface area (Å²) in [5, 5.41) is 26.8. The molecule has 0 amide bonds. The largest absolute Gasteiger partial charge is 0.396 e. The normalized spacial score (nSPS) is 10.7. The second-order valence-electron chi connectivity index (χ2n) is 3.13. The number of nitrogens with one attached hydrogen (secondary N) is 1. The molecule has 6 nitrogen and oxygen atoms in total. The van der Waals surface area contributed by atoms with Crippen molar-refractivity contribution in [2.45, 2.75) is 6.42 Å². The molecule has 0 aliphatic carbocycles. The number of H-pyrrole nitrogens is 1. The quantitative estimate of drug-likeness (QED) is 0.580. The van der Waals surface area contributed by atoms with Gasteiger partial charge in [0.2, 0.25) is 0 Å². The van der Waals surface area contributed by atoms with Crippen molar-refractivity contribution in [1.29, 1.82) is 0 Å². The zero-order valence-corrected chi connectivity index (χ0v) is 7.80. The van der Waals surface area contributed by atoms with E-state index in [0.29, 0.717) is 17.5 Å². The van der Waals surface area contributed by atoms with Gasteiger partial charge >= 0.3 is 0 Å². The summed E-state index contributed by atoms with van der Waals surface area (Å²) in [6.07, 6.45) is 0.390. The van der Waals surface area contributed by atoms with E-state index in [1.165, 1.54) is 12.1 Å². The molecule has 1 heterocycles. The zero-order chi connectivity index (χ0) is 10.8. The van der Waals surface area contributed by atoms with Crippen LogP contribution in [0.2, 0.25) is 0 Å². The maximum Gasteiger partial charge on any atom is 0.270 e. The Morgan fingerprint density at radius 2 is 2.33 bits per heavy atom. The summed E-state index contributed by atoms with van der Waals surface area (Å²) < 4.78 is 0. The number of nitro benzene ring substituents is 1. The lowest BCUT2D eigenvalue weighted by Gasteiger charge is -1.94. The molecule has 1 aromatic carbocycles. The third-order valence-corrected chi connectivity index (χ3v) is 2.18. The SMILES string of the molecule is O=[N+]([O-])c1ccc2[nH]nc(CCO)c2c1. The highest BCUT2D eigenvalue weighted by Gasteiger charge is 2.10. The van der Waals surface area contributed by atoms with Gasteiger partial charge in [0.1, 0.15) is 0 Å². The van der Waals surface area contributed by atoms with Gasteiger partial charge < -0.3 is 5.11 Å². The number of nitro groups is 1. The van der Waals surface area contributed by atoms with Crippen LogP contribution in [0.4, 0.5) is 5.69 Å². The third-order valence-electron chi connectivity index (χ3n) is 2.18. The van der Waals surface area contributed by atoms with E-state index < -0.39 is 4.92 Å². The molecule has 2 rings (SSSR count). The van der Waals surface area contributed by atoms with Crippen molar-refractivity contribution in [2.75, 3.05) is 6.61 Å². The Morgan fingerprint density at radius 3 is 3.00 bits per heavy atom. The van der Waals surface area contributed by atoms with E-state index in [4.69, 9.17) is 5.11 Å². The van der Waals surface area contributed by atoms with Crippen LogP contribution in [0.1, 0.15) is 5.69 Å². The first-order valence-electron chi connectivity index (χ1n) is 4.44. The monoisotopic (exact) mass is 207 g/mol. The molecule has 1 aromatic heterocycles. The van der Waals surface area contributed by atoms with Gasteiger partial charge in [0, 0.05) is 30.5 Å². The summed E-state index contributed by atoms with van der Waals surface area (Å²) in [7, 11) is 0. The summed E-state index contributed by atoms with van der Waals surface area (Å²) in [6.45, 7) is -0.0252. The van der Waals surface area contributed by atoms with Crippen LogP contribution in [0.5, 0.6) is 0 Å². The topological polar surface area (TPSA) is 92.0 Å². The van der Waals surface area contributed by atoms with E-state index >= 15 is 0 Å². The molecule has 0 aliphatic rings. The highest BCUT2D eigenvalue weighted by molar-refractivity contribution is 5.83. The van der Waals surface area contributed by atoms with Crippen molar-refractivity contribution in [3.05, 3.63) is 34.0 Å². The number of aromatic nitrogens is 2. The average molecular weight is 207 g/mol. The Labute approximate surface area is 84.7 Å². The zero-order valence-electron chi connectivity index (χ0n) is 7.80. The number of aliphatic hydroxyl groups is 1. The van der Waals surface area contributed by atoms with Crippen LogP contribution >= 0.6 is 0 Å². The lowest BCUT2D eigenvalue weighted by Crippen LogP contribution is -1.92. The molecule has 78 valence electrons. The molecule has 0 spiro atoms. The Hall–Kier alpha value is -1.95. The summed E-state index contributed by atoms with van der Waals surface area (Å²) in [5.41, 5.74) is 1.42. The smallest absolute Gasteiger partial charge is 0.270 e. The van der Waals surface area contributed by atoms with Crippen LogP contribution in [0.15, 0.2) is 18.2 Å². The summed E-state index contributed by atoms with van der Waals surface area (Å²) in [4.78, 5) is 10.1. The molecular weight excluding hydrogens is 198 g/mol. The van der Waals surface area contributed by atoms with E-state index in [-0.39, 0.29) is 12.3 Å². The molecule has 0 aliphatic heterocycles. The van der Waals surface area contributed by atoms with Crippen LogP contribution in [-0.4, -0.2) is 26.8 Å². The Bertz CT molecular complexity index is 506. The van der Waals surface area contributed by atoms with Crippen LogP contribution < -0.4 is 0 Å². The van der Waals surface area contributed by atoms with Crippen LogP contribution in [-0.2, 0) is 6.42 Å². The molecule has 0 bridgehead atoms. The van der Waals surface area contributed by atoms with Crippen LogP contribution in [0, 0.1) is 10.1 Å². The Balaban J connectivity index is 2.56. The maximum atomic E-state index is 10.6. The number of benzene rings is 1. The van der Waals surface area contributed by atoms with E-state index in [0.717, 1.165) is 5.52 Å². The number of hydrogen-bond donors (Lipinski definition) is 2. The number of aliphatic hydroxyl groups excluding tert-OH is 1. The molecule has 2 N–H and O–H groups in total. The van der Waals surface area contributed by atoms with Gasteiger partial charge in [-0.3, -0.25) is 15.2 Å². The van der Waals surface area contributed by atoms with Crippen molar-refractivity contribution < 1.29 is 10.0 Å². The number of aromatic amines is 1. The minimum Gasteiger partial charge on any atom is -0.396 e. The van der Waals surface area contributed by atoms with Gasteiger partial charge in [-0.05, 0) is 6.07 Å². The van der Waals surface area contributed by atoms with E-state index in [1.807, 2.05) is 0 Å². The van der Waals surface area contributed by atoms with E-state index in [2.05, 4.69) is 10.2 Å². The van der Waals surface area contributed by atoms with Crippen molar-refractivity contribution in [3.63, 3.8) is 0 Å².